The molecule has 1 fully saturated rings. The Labute approximate surface area is 144 Å². The number of nitrogens with zero attached hydrogens (tertiary/aromatic N) is 1. The van der Waals surface area contributed by atoms with Gasteiger partial charge in [-0.15, -0.1) is 0 Å². The van der Waals surface area contributed by atoms with Gasteiger partial charge in [0.1, 0.15) is 5.76 Å². The Hall–Kier alpha value is -3.29. The maximum absolute atomic E-state index is 12.4. The van der Waals surface area contributed by atoms with Gasteiger partial charge in [-0.3, -0.25) is 14.5 Å². The third-order valence-corrected chi connectivity index (χ3v) is 3.76. The lowest BCUT2D eigenvalue weighted by Gasteiger charge is -2.15. The smallest absolute Gasteiger partial charge is 0.324 e. The molecule has 0 aliphatic carbocycles. The Morgan fingerprint density at radius 3 is 2.76 bits per heavy atom. The zero-order valence-corrected chi connectivity index (χ0v) is 13.5. The second-order valence-electron chi connectivity index (χ2n) is 5.44. The van der Waals surface area contributed by atoms with Gasteiger partial charge < -0.3 is 20.4 Å². The molecule has 130 valence electrons. The molecule has 2 heterocycles. The number of furan rings is 1. The van der Waals surface area contributed by atoms with E-state index in [0.29, 0.717) is 30.1 Å². The Bertz CT molecular complexity index is 773. The lowest BCUT2D eigenvalue weighted by molar-refractivity contribution is -0.125. The molecule has 0 bridgehead atoms. The topological polar surface area (TPSA) is 104 Å². The Morgan fingerprint density at radius 1 is 1.20 bits per heavy atom. The molecule has 8 heteroatoms. The highest BCUT2D eigenvalue weighted by Gasteiger charge is 2.25. The first-order valence-corrected chi connectivity index (χ1v) is 7.87. The second kappa shape index (κ2) is 7.52. The van der Waals surface area contributed by atoms with E-state index in [9.17, 15) is 14.4 Å². The molecule has 25 heavy (non-hydrogen) atoms. The molecule has 0 spiro atoms. The van der Waals surface area contributed by atoms with Crippen molar-refractivity contribution in [2.24, 2.45) is 0 Å². The predicted molar refractivity (Wildman–Crippen MR) is 89.9 cm³/mol. The molecule has 3 N–H and O–H groups in total. The average Bonchev–Trinajstić information content (AvgIpc) is 3.29. The molecule has 4 amide bonds. The van der Waals surface area contributed by atoms with Gasteiger partial charge in [-0.2, -0.15) is 0 Å². The number of rotatable bonds is 6. The van der Waals surface area contributed by atoms with Crippen LogP contribution >= 0.6 is 0 Å². The van der Waals surface area contributed by atoms with Crippen LogP contribution in [0.25, 0.3) is 0 Å². The number of para-hydroxylation sites is 1. The molecule has 3 rings (SSSR count). The fourth-order valence-corrected chi connectivity index (χ4v) is 2.49. The van der Waals surface area contributed by atoms with Crippen LogP contribution in [-0.2, 0) is 11.3 Å². The minimum absolute atomic E-state index is 0.0735. The quantitative estimate of drug-likeness (QED) is 0.731. The van der Waals surface area contributed by atoms with Crippen LogP contribution in [0, 0.1) is 0 Å². The summed E-state index contributed by atoms with van der Waals surface area (Å²) in [7, 11) is 0. The summed E-state index contributed by atoms with van der Waals surface area (Å²) in [5.41, 5.74) is 0.931. The number of carbonyl (C=O) groups is 3. The Balaban J connectivity index is 1.61. The van der Waals surface area contributed by atoms with E-state index in [1.54, 1.807) is 36.4 Å². The van der Waals surface area contributed by atoms with Crippen molar-refractivity contribution in [3.8, 4) is 0 Å². The molecule has 0 unspecified atom stereocenters. The highest BCUT2D eigenvalue weighted by Crippen LogP contribution is 2.15. The standard InChI is InChI=1S/C17H18N4O4/c22-15(21-8-7-18-17(21)24)11-19-14-6-2-1-5-13(14)16(23)20-10-12-4-3-9-25-12/h1-6,9,19H,7-8,10-11H2,(H,18,24)(H,20,23). The van der Waals surface area contributed by atoms with E-state index in [0.717, 1.165) is 4.90 Å². The van der Waals surface area contributed by atoms with Gasteiger partial charge in [-0.25, -0.2) is 4.79 Å². The van der Waals surface area contributed by atoms with Crippen molar-refractivity contribution >= 4 is 23.5 Å². The van der Waals surface area contributed by atoms with E-state index in [1.807, 2.05) is 0 Å². The number of benzene rings is 1. The average molecular weight is 342 g/mol. The van der Waals surface area contributed by atoms with Crippen molar-refractivity contribution in [1.29, 1.82) is 0 Å². The SMILES string of the molecule is O=C(NCc1ccco1)c1ccccc1NCC(=O)N1CCNC1=O. The van der Waals surface area contributed by atoms with Crippen molar-refractivity contribution in [3.05, 3.63) is 54.0 Å². The lowest BCUT2D eigenvalue weighted by Crippen LogP contribution is -2.38. The zero-order valence-electron chi connectivity index (χ0n) is 13.5. The Kier molecular flexibility index (Phi) is 4.98. The summed E-state index contributed by atoms with van der Waals surface area (Å²) in [6.07, 6.45) is 1.54. The van der Waals surface area contributed by atoms with Gasteiger partial charge in [0.05, 0.1) is 24.9 Å². The molecule has 8 nitrogen and oxygen atoms in total. The first kappa shape index (κ1) is 16.6. The number of hydrogen-bond acceptors (Lipinski definition) is 5. The molecule has 0 atom stereocenters. The minimum Gasteiger partial charge on any atom is -0.467 e. The highest BCUT2D eigenvalue weighted by molar-refractivity contribution is 6.01. The van der Waals surface area contributed by atoms with E-state index in [2.05, 4.69) is 16.0 Å². The van der Waals surface area contributed by atoms with Gasteiger partial charge in [0.25, 0.3) is 5.91 Å². The number of hydrogen-bond donors (Lipinski definition) is 3. The van der Waals surface area contributed by atoms with Gasteiger partial charge in [0, 0.05) is 18.8 Å². The summed E-state index contributed by atoms with van der Waals surface area (Å²) in [5.74, 6) is 0.0145. The molecule has 1 aromatic heterocycles. The predicted octanol–water partition coefficient (Wildman–Crippen LogP) is 1.17. The Morgan fingerprint density at radius 2 is 2.04 bits per heavy atom. The molecule has 1 saturated heterocycles. The molecule has 1 aliphatic heterocycles. The maximum atomic E-state index is 12.4. The van der Waals surface area contributed by atoms with E-state index < -0.39 is 6.03 Å². The van der Waals surface area contributed by atoms with Crippen molar-refractivity contribution in [2.45, 2.75) is 6.54 Å². The molecule has 0 radical (unpaired) electrons. The highest BCUT2D eigenvalue weighted by atomic mass is 16.3. The van der Waals surface area contributed by atoms with Gasteiger partial charge in [-0.1, -0.05) is 12.1 Å². The van der Waals surface area contributed by atoms with Crippen LogP contribution in [0.4, 0.5) is 10.5 Å². The number of urea groups is 1. The van der Waals surface area contributed by atoms with Gasteiger partial charge in [-0.05, 0) is 24.3 Å². The fourth-order valence-electron chi connectivity index (χ4n) is 2.49. The molecular formula is C17H18N4O4. The molecule has 2 aromatic rings. The summed E-state index contributed by atoms with van der Waals surface area (Å²) >= 11 is 0. The van der Waals surface area contributed by atoms with Crippen LogP contribution in [0.2, 0.25) is 0 Å². The summed E-state index contributed by atoms with van der Waals surface area (Å²) in [4.78, 5) is 37.1. The van der Waals surface area contributed by atoms with Crippen LogP contribution in [0.3, 0.4) is 0 Å². The van der Waals surface area contributed by atoms with Crippen LogP contribution in [0.5, 0.6) is 0 Å². The van der Waals surface area contributed by atoms with E-state index in [4.69, 9.17) is 4.42 Å². The van der Waals surface area contributed by atoms with Gasteiger partial charge in [0.2, 0.25) is 5.91 Å². The van der Waals surface area contributed by atoms with E-state index in [-0.39, 0.29) is 24.9 Å². The fraction of sp³-hybridized carbons (Fsp3) is 0.235. The number of imide groups is 1. The monoisotopic (exact) mass is 342 g/mol. The number of carbonyl (C=O) groups excluding carboxylic acids is 3. The summed E-state index contributed by atoms with van der Waals surface area (Å²) in [5, 5.41) is 8.26. The van der Waals surface area contributed by atoms with Crippen LogP contribution in [0.1, 0.15) is 16.1 Å². The van der Waals surface area contributed by atoms with Crippen LogP contribution in [-0.4, -0.2) is 42.4 Å². The van der Waals surface area contributed by atoms with E-state index >= 15 is 0 Å². The first-order chi connectivity index (χ1) is 12.1. The van der Waals surface area contributed by atoms with Crippen molar-refractivity contribution in [1.82, 2.24) is 15.5 Å². The summed E-state index contributed by atoms with van der Waals surface area (Å²) < 4.78 is 5.18. The number of anilines is 1. The normalized spacial score (nSPS) is 13.4. The van der Waals surface area contributed by atoms with E-state index in [1.165, 1.54) is 6.26 Å². The maximum Gasteiger partial charge on any atom is 0.324 e. The summed E-state index contributed by atoms with van der Waals surface area (Å²) in [6.45, 7) is 1.00. The van der Waals surface area contributed by atoms with Crippen LogP contribution in [0.15, 0.2) is 47.1 Å². The first-order valence-electron chi connectivity index (χ1n) is 7.87. The third kappa shape index (κ3) is 3.97. The zero-order chi connectivity index (χ0) is 17.6. The third-order valence-electron chi connectivity index (χ3n) is 3.76. The van der Waals surface area contributed by atoms with Gasteiger partial charge in [0.15, 0.2) is 0 Å². The molecule has 0 saturated carbocycles. The van der Waals surface area contributed by atoms with Crippen molar-refractivity contribution < 1.29 is 18.8 Å². The number of amides is 4. The molecule has 1 aliphatic rings. The molecular weight excluding hydrogens is 324 g/mol. The van der Waals surface area contributed by atoms with Crippen molar-refractivity contribution in [2.75, 3.05) is 25.0 Å². The van der Waals surface area contributed by atoms with Crippen molar-refractivity contribution in [3.63, 3.8) is 0 Å². The number of nitrogens with one attached hydrogen (secondary N) is 3. The van der Waals surface area contributed by atoms with Crippen LogP contribution < -0.4 is 16.0 Å². The lowest BCUT2D eigenvalue weighted by atomic mass is 10.1. The second-order valence-corrected chi connectivity index (χ2v) is 5.44. The van der Waals surface area contributed by atoms with Gasteiger partial charge >= 0.3 is 6.03 Å². The minimum atomic E-state index is -0.392. The largest absolute Gasteiger partial charge is 0.467 e. The molecule has 1 aromatic carbocycles. The summed E-state index contributed by atoms with van der Waals surface area (Å²) in [6, 6.07) is 9.99.